The third kappa shape index (κ3) is 4.71. The second-order valence-electron chi connectivity index (χ2n) is 4.13. The summed E-state index contributed by atoms with van der Waals surface area (Å²) < 4.78 is 0. The number of hydrogen-bond acceptors (Lipinski definition) is 2. The van der Waals surface area contributed by atoms with Gasteiger partial charge in [0.15, 0.2) is 5.11 Å². The first-order valence-electron chi connectivity index (χ1n) is 5.88. The number of thiocarbonyl (C=S) groups is 1. The largest absolute Gasteiger partial charge is 0.363 e. The van der Waals surface area contributed by atoms with Gasteiger partial charge in [0.25, 0.3) is 0 Å². The van der Waals surface area contributed by atoms with Gasteiger partial charge in [-0.15, -0.1) is 0 Å². The van der Waals surface area contributed by atoms with Crippen LogP contribution in [-0.2, 0) is 0 Å². The van der Waals surface area contributed by atoms with Gasteiger partial charge in [-0.1, -0.05) is 30.3 Å². The van der Waals surface area contributed by atoms with Crippen molar-refractivity contribution in [2.45, 2.75) is 13.0 Å². The van der Waals surface area contributed by atoms with Crippen LogP contribution in [0.15, 0.2) is 30.3 Å². The highest BCUT2D eigenvalue weighted by Gasteiger charge is 2.13. The lowest BCUT2D eigenvalue weighted by Gasteiger charge is -2.25. The number of benzene rings is 1. The molecule has 0 saturated heterocycles. The van der Waals surface area contributed by atoms with E-state index in [4.69, 9.17) is 12.2 Å². The van der Waals surface area contributed by atoms with E-state index in [0.717, 1.165) is 18.2 Å². The summed E-state index contributed by atoms with van der Waals surface area (Å²) in [5.41, 5.74) is 1.30. The Labute approximate surface area is 109 Å². The molecule has 94 valence electrons. The Morgan fingerprint density at radius 3 is 2.41 bits per heavy atom. The zero-order valence-electron chi connectivity index (χ0n) is 10.7. The van der Waals surface area contributed by atoms with Crippen molar-refractivity contribution < 1.29 is 0 Å². The van der Waals surface area contributed by atoms with E-state index in [1.54, 1.807) is 0 Å². The number of hydrogen-bond donors (Lipinski definition) is 2. The molecule has 4 heteroatoms. The lowest BCUT2D eigenvalue weighted by Crippen LogP contribution is -2.40. The number of likely N-dealkylation sites (N-methyl/N-ethyl adjacent to an activating group) is 1. The van der Waals surface area contributed by atoms with Gasteiger partial charge in [-0.3, -0.25) is 0 Å². The molecule has 0 spiro atoms. The van der Waals surface area contributed by atoms with E-state index >= 15 is 0 Å². The van der Waals surface area contributed by atoms with Gasteiger partial charge in [0.2, 0.25) is 0 Å². The third-order valence-electron chi connectivity index (χ3n) is 2.60. The molecule has 0 aliphatic rings. The molecule has 1 aromatic carbocycles. The molecular weight excluding hydrogens is 230 g/mol. The predicted octanol–water partition coefficient (Wildman–Crippen LogP) is 1.77. The molecule has 0 unspecified atom stereocenters. The third-order valence-corrected chi connectivity index (χ3v) is 2.89. The molecule has 0 aromatic heterocycles. The van der Waals surface area contributed by atoms with Crippen LogP contribution in [-0.4, -0.2) is 37.2 Å². The zero-order valence-corrected chi connectivity index (χ0v) is 11.6. The second-order valence-corrected chi connectivity index (χ2v) is 4.54. The van der Waals surface area contributed by atoms with E-state index in [9.17, 15) is 0 Å². The van der Waals surface area contributed by atoms with E-state index in [0.29, 0.717) is 6.04 Å². The van der Waals surface area contributed by atoms with Crippen molar-refractivity contribution in [2.24, 2.45) is 0 Å². The Hall–Kier alpha value is -1.13. The van der Waals surface area contributed by atoms with Crippen LogP contribution < -0.4 is 10.6 Å². The standard InChI is InChI=1S/C13H21N3S/c1-4-14-13(17)15-10-12(16(2)3)11-8-6-5-7-9-11/h5-9,12H,4,10H2,1-3H3,(H2,14,15,17)/t12-/m1/s1. The first kappa shape index (κ1) is 13.9. The van der Waals surface area contributed by atoms with Crippen LogP contribution in [0.25, 0.3) is 0 Å². The quantitative estimate of drug-likeness (QED) is 0.780. The SMILES string of the molecule is CCNC(=S)NC[C@H](c1ccccc1)N(C)C. The maximum Gasteiger partial charge on any atom is 0.166 e. The molecule has 0 aliphatic carbocycles. The van der Waals surface area contributed by atoms with Crippen LogP contribution >= 0.6 is 12.2 Å². The summed E-state index contributed by atoms with van der Waals surface area (Å²) in [6.45, 7) is 3.70. The van der Waals surface area contributed by atoms with Crippen molar-refractivity contribution in [3.05, 3.63) is 35.9 Å². The van der Waals surface area contributed by atoms with E-state index in [-0.39, 0.29) is 0 Å². The maximum absolute atomic E-state index is 5.17. The first-order valence-corrected chi connectivity index (χ1v) is 6.29. The lowest BCUT2D eigenvalue weighted by atomic mass is 10.1. The van der Waals surface area contributed by atoms with Gasteiger partial charge in [0.05, 0.1) is 6.04 Å². The molecule has 1 aromatic rings. The molecule has 0 heterocycles. The molecular formula is C13H21N3S. The molecule has 0 amide bonds. The van der Waals surface area contributed by atoms with Crippen LogP contribution in [0, 0.1) is 0 Å². The Bertz CT molecular complexity index is 338. The summed E-state index contributed by atoms with van der Waals surface area (Å²) in [5.74, 6) is 0. The normalized spacial score (nSPS) is 12.2. The molecule has 2 N–H and O–H groups in total. The van der Waals surface area contributed by atoms with Crippen molar-refractivity contribution in [3.8, 4) is 0 Å². The molecule has 0 fully saturated rings. The molecule has 1 rings (SSSR count). The Kier molecular flexibility index (Phi) is 5.94. The molecule has 0 aliphatic heterocycles. The topological polar surface area (TPSA) is 27.3 Å². The fourth-order valence-corrected chi connectivity index (χ4v) is 1.91. The summed E-state index contributed by atoms with van der Waals surface area (Å²) in [7, 11) is 4.16. The van der Waals surface area contributed by atoms with Gasteiger partial charge in [0, 0.05) is 13.1 Å². The smallest absolute Gasteiger partial charge is 0.166 e. The van der Waals surface area contributed by atoms with Gasteiger partial charge in [-0.25, -0.2) is 0 Å². The van der Waals surface area contributed by atoms with E-state index in [2.05, 4.69) is 53.9 Å². The van der Waals surface area contributed by atoms with Crippen LogP contribution in [0.5, 0.6) is 0 Å². The highest BCUT2D eigenvalue weighted by Crippen LogP contribution is 2.16. The summed E-state index contributed by atoms with van der Waals surface area (Å²) >= 11 is 5.17. The van der Waals surface area contributed by atoms with Gasteiger partial charge in [-0.05, 0) is 38.8 Å². The van der Waals surface area contributed by atoms with Crippen molar-refractivity contribution in [2.75, 3.05) is 27.2 Å². The van der Waals surface area contributed by atoms with E-state index in [1.807, 2.05) is 13.0 Å². The molecule has 17 heavy (non-hydrogen) atoms. The minimum atomic E-state index is 0.327. The summed E-state index contributed by atoms with van der Waals surface area (Å²) in [4.78, 5) is 2.19. The number of nitrogens with one attached hydrogen (secondary N) is 2. The van der Waals surface area contributed by atoms with Crippen molar-refractivity contribution in [3.63, 3.8) is 0 Å². The summed E-state index contributed by atoms with van der Waals surface area (Å²) in [6, 6.07) is 10.8. The van der Waals surface area contributed by atoms with Crippen LogP contribution in [0.2, 0.25) is 0 Å². The Morgan fingerprint density at radius 1 is 1.24 bits per heavy atom. The molecule has 0 radical (unpaired) electrons. The number of rotatable bonds is 5. The van der Waals surface area contributed by atoms with Gasteiger partial charge >= 0.3 is 0 Å². The highest BCUT2D eigenvalue weighted by atomic mass is 32.1. The molecule has 3 nitrogen and oxygen atoms in total. The minimum absolute atomic E-state index is 0.327. The van der Waals surface area contributed by atoms with E-state index in [1.165, 1.54) is 5.56 Å². The van der Waals surface area contributed by atoms with Crippen LogP contribution in [0.1, 0.15) is 18.5 Å². The van der Waals surface area contributed by atoms with Gasteiger partial charge < -0.3 is 15.5 Å². The average molecular weight is 251 g/mol. The Morgan fingerprint density at radius 2 is 1.88 bits per heavy atom. The second kappa shape index (κ2) is 7.25. The molecule has 0 bridgehead atoms. The Balaban J connectivity index is 2.59. The van der Waals surface area contributed by atoms with E-state index < -0.39 is 0 Å². The van der Waals surface area contributed by atoms with Gasteiger partial charge in [0.1, 0.15) is 0 Å². The maximum atomic E-state index is 5.17. The summed E-state index contributed by atoms with van der Waals surface area (Å²) in [5, 5.41) is 7.05. The fraction of sp³-hybridized carbons (Fsp3) is 0.462. The lowest BCUT2D eigenvalue weighted by molar-refractivity contribution is 0.298. The van der Waals surface area contributed by atoms with Crippen LogP contribution in [0.3, 0.4) is 0 Å². The first-order chi connectivity index (χ1) is 8.15. The summed E-state index contributed by atoms with van der Waals surface area (Å²) in [6.07, 6.45) is 0. The minimum Gasteiger partial charge on any atom is -0.363 e. The van der Waals surface area contributed by atoms with Crippen molar-refractivity contribution in [1.29, 1.82) is 0 Å². The van der Waals surface area contributed by atoms with Crippen LogP contribution in [0.4, 0.5) is 0 Å². The van der Waals surface area contributed by atoms with Crippen molar-refractivity contribution in [1.82, 2.24) is 15.5 Å². The fourth-order valence-electron chi connectivity index (χ4n) is 1.69. The van der Waals surface area contributed by atoms with Gasteiger partial charge in [-0.2, -0.15) is 0 Å². The monoisotopic (exact) mass is 251 g/mol. The van der Waals surface area contributed by atoms with Crippen molar-refractivity contribution >= 4 is 17.3 Å². The predicted molar refractivity (Wildman–Crippen MR) is 77.1 cm³/mol. The highest BCUT2D eigenvalue weighted by molar-refractivity contribution is 7.80. The average Bonchev–Trinajstić information content (AvgIpc) is 2.30. The zero-order chi connectivity index (χ0) is 12.7. The molecule has 0 saturated carbocycles. The number of nitrogens with zero attached hydrogens (tertiary/aromatic N) is 1. The molecule has 1 atom stereocenters.